The number of aromatic nitrogens is 1. The Kier molecular flexibility index (Phi) is 3.09. The maximum absolute atomic E-state index is 5.66. The summed E-state index contributed by atoms with van der Waals surface area (Å²) < 4.78 is 2.16. The van der Waals surface area contributed by atoms with Gasteiger partial charge in [-0.1, -0.05) is 41.6 Å². The molecule has 0 bridgehead atoms. The van der Waals surface area contributed by atoms with Crippen LogP contribution in [0.4, 0.5) is 0 Å². The van der Waals surface area contributed by atoms with Gasteiger partial charge in [-0.05, 0) is 29.1 Å². The number of hydrogen-bond donors (Lipinski definition) is 0. The van der Waals surface area contributed by atoms with Crippen molar-refractivity contribution >= 4 is 17.0 Å². The van der Waals surface area contributed by atoms with E-state index in [0.717, 1.165) is 17.7 Å². The van der Waals surface area contributed by atoms with Crippen LogP contribution in [-0.4, -0.2) is 10.3 Å². The molecule has 0 N–H and O–H groups in total. The van der Waals surface area contributed by atoms with Crippen LogP contribution < -0.4 is 0 Å². The first-order valence-electron chi connectivity index (χ1n) is 6.90. The molecule has 1 atom stereocenters. The molecule has 3 aromatic rings. The van der Waals surface area contributed by atoms with Gasteiger partial charge in [0.05, 0.1) is 22.7 Å². The highest BCUT2D eigenvalue weighted by Crippen LogP contribution is 2.32. The minimum atomic E-state index is -0.0627. The van der Waals surface area contributed by atoms with Crippen molar-refractivity contribution in [1.82, 2.24) is 4.57 Å². The number of nitrogens with zero attached hydrogens (tertiary/aromatic N) is 2. The summed E-state index contributed by atoms with van der Waals surface area (Å²) in [5.41, 5.74) is 3.32. The van der Waals surface area contributed by atoms with Gasteiger partial charge in [0.15, 0.2) is 0 Å². The molecule has 1 aliphatic rings. The average Bonchev–Trinajstić information content (AvgIpc) is 3.27. The van der Waals surface area contributed by atoms with E-state index in [1.807, 2.05) is 18.2 Å². The number of benzene rings is 1. The first-order valence-corrected chi connectivity index (χ1v) is 7.78. The van der Waals surface area contributed by atoms with E-state index < -0.39 is 0 Å². The second-order valence-electron chi connectivity index (χ2n) is 4.95. The first kappa shape index (κ1) is 12.4. The zero-order valence-electron chi connectivity index (χ0n) is 11.3. The molecule has 1 aromatic carbocycles. The molecule has 3 nitrogen and oxygen atoms in total. The Labute approximate surface area is 127 Å². The van der Waals surface area contributed by atoms with Crippen molar-refractivity contribution in [3.05, 3.63) is 71.7 Å². The third kappa shape index (κ3) is 2.28. The zero-order chi connectivity index (χ0) is 14.1. The fourth-order valence-electron chi connectivity index (χ4n) is 2.59. The van der Waals surface area contributed by atoms with Gasteiger partial charge in [-0.15, -0.1) is 11.3 Å². The number of hydrogen-bond acceptors (Lipinski definition) is 3. The van der Waals surface area contributed by atoms with Crippen molar-refractivity contribution in [2.45, 2.75) is 12.6 Å². The lowest BCUT2D eigenvalue weighted by molar-refractivity contribution is 0.0338. The van der Waals surface area contributed by atoms with Crippen molar-refractivity contribution in [2.24, 2.45) is 5.16 Å². The highest BCUT2D eigenvalue weighted by molar-refractivity contribution is 7.13. The number of oxime groups is 1. The quantitative estimate of drug-likeness (QED) is 0.696. The monoisotopic (exact) mass is 294 g/mol. The van der Waals surface area contributed by atoms with Gasteiger partial charge in [-0.2, -0.15) is 0 Å². The molecule has 2 aromatic heterocycles. The maximum atomic E-state index is 5.66. The molecule has 0 saturated carbocycles. The number of rotatable bonds is 3. The average molecular weight is 294 g/mol. The minimum Gasteiger partial charge on any atom is -0.369 e. The van der Waals surface area contributed by atoms with Crippen LogP contribution in [-0.2, 0) is 4.84 Å². The summed E-state index contributed by atoms with van der Waals surface area (Å²) in [6.45, 7) is 0. The lowest BCUT2D eigenvalue weighted by Crippen LogP contribution is -2.09. The van der Waals surface area contributed by atoms with Crippen LogP contribution in [0.5, 0.6) is 0 Å². The molecule has 0 spiro atoms. The molecule has 0 amide bonds. The summed E-state index contributed by atoms with van der Waals surface area (Å²) in [5, 5.41) is 6.36. The Morgan fingerprint density at radius 1 is 1.05 bits per heavy atom. The molecule has 1 aliphatic heterocycles. The molecule has 0 saturated heterocycles. The van der Waals surface area contributed by atoms with Crippen LogP contribution in [0, 0.1) is 0 Å². The van der Waals surface area contributed by atoms with Crippen LogP contribution in [0.2, 0.25) is 0 Å². The van der Waals surface area contributed by atoms with Crippen LogP contribution in [0.25, 0.3) is 10.6 Å². The van der Waals surface area contributed by atoms with E-state index in [1.165, 1.54) is 10.6 Å². The Balaban J connectivity index is 1.60. The largest absolute Gasteiger partial charge is 0.369 e. The van der Waals surface area contributed by atoms with Crippen molar-refractivity contribution in [3.8, 4) is 10.6 Å². The molecule has 0 fully saturated rings. The Morgan fingerprint density at radius 3 is 2.76 bits per heavy atom. The summed E-state index contributed by atoms with van der Waals surface area (Å²) >= 11 is 1.74. The smallest absolute Gasteiger partial charge is 0.209 e. The Bertz CT molecular complexity index is 759. The zero-order valence-corrected chi connectivity index (χ0v) is 12.2. The van der Waals surface area contributed by atoms with Gasteiger partial charge in [0, 0.05) is 6.20 Å². The van der Waals surface area contributed by atoms with Crippen molar-refractivity contribution < 1.29 is 4.84 Å². The lowest BCUT2D eigenvalue weighted by Gasteiger charge is -2.13. The third-order valence-electron chi connectivity index (χ3n) is 3.62. The van der Waals surface area contributed by atoms with Gasteiger partial charge >= 0.3 is 0 Å². The van der Waals surface area contributed by atoms with Crippen LogP contribution >= 0.6 is 11.3 Å². The Hall–Kier alpha value is -2.33. The van der Waals surface area contributed by atoms with Gasteiger partial charge in [0.2, 0.25) is 6.23 Å². The van der Waals surface area contributed by atoms with Crippen molar-refractivity contribution in [2.75, 3.05) is 0 Å². The second-order valence-corrected chi connectivity index (χ2v) is 5.89. The molecular weight excluding hydrogens is 280 g/mol. The van der Waals surface area contributed by atoms with Gasteiger partial charge in [0.25, 0.3) is 0 Å². The fraction of sp³-hybridized carbons (Fsp3) is 0.118. The predicted molar refractivity (Wildman–Crippen MR) is 85.5 cm³/mol. The molecule has 0 radical (unpaired) electrons. The van der Waals surface area contributed by atoms with Crippen molar-refractivity contribution in [1.29, 1.82) is 0 Å². The van der Waals surface area contributed by atoms with Gasteiger partial charge < -0.3 is 9.40 Å². The van der Waals surface area contributed by atoms with E-state index >= 15 is 0 Å². The lowest BCUT2D eigenvalue weighted by atomic mass is 10.1. The maximum Gasteiger partial charge on any atom is 0.209 e. The highest BCUT2D eigenvalue weighted by Gasteiger charge is 2.25. The van der Waals surface area contributed by atoms with Crippen LogP contribution in [0.15, 0.2) is 71.3 Å². The molecule has 4 heteroatoms. The summed E-state index contributed by atoms with van der Waals surface area (Å²) in [7, 11) is 0. The normalized spacial score (nSPS) is 17.5. The minimum absolute atomic E-state index is 0.0627. The molecule has 104 valence electrons. The van der Waals surface area contributed by atoms with Gasteiger partial charge in [0.1, 0.15) is 0 Å². The molecule has 3 heterocycles. The van der Waals surface area contributed by atoms with Crippen LogP contribution in [0.3, 0.4) is 0 Å². The molecular formula is C17H14N2OS. The fourth-order valence-corrected chi connectivity index (χ4v) is 3.35. The van der Waals surface area contributed by atoms with E-state index in [4.69, 9.17) is 4.84 Å². The Morgan fingerprint density at radius 2 is 1.95 bits per heavy atom. The third-order valence-corrected chi connectivity index (χ3v) is 4.51. The van der Waals surface area contributed by atoms with E-state index in [9.17, 15) is 0 Å². The molecule has 21 heavy (non-hydrogen) atoms. The van der Waals surface area contributed by atoms with E-state index in [1.54, 1.807) is 11.3 Å². The standard InChI is InChI=1S/C17H14N2OS/c1-2-6-13(7-3-1)14-12-17(20-18-14)19-10-4-8-15(19)16-9-5-11-21-16/h1-11,17H,12H2. The highest BCUT2D eigenvalue weighted by atomic mass is 32.1. The van der Waals surface area contributed by atoms with E-state index in [-0.39, 0.29) is 6.23 Å². The SMILES string of the molecule is c1ccc(C2=NOC(n3cccc3-c3cccs3)C2)cc1. The van der Waals surface area contributed by atoms with Crippen LogP contribution in [0.1, 0.15) is 18.2 Å². The van der Waals surface area contributed by atoms with E-state index in [0.29, 0.717) is 0 Å². The molecule has 1 unspecified atom stereocenters. The number of thiophene rings is 1. The first-order chi connectivity index (χ1) is 10.4. The van der Waals surface area contributed by atoms with E-state index in [2.05, 4.69) is 57.7 Å². The van der Waals surface area contributed by atoms with Crippen molar-refractivity contribution in [3.63, 3.8) is 0 Å². The molecule has 4 rings (SSSR count). The predicted octanol–water partition coefficient (Wildman–Crippen LogP) is 4.54. The van der Waals surface area contributed by atoms with Gasteiger partial charge in [-0.25, -0.2) is 0 Å². The second kappa shape index (κ2) is 5.22. The topological polar surface area (TPSA) is 26.5 Å². The van der Waals surface area contributed by atoms with Gasteiger partial charge in [-0.3, -0.25) is 0 Å². The summed E-state index contributed by atoms with van der Waals surface area (Å²) in [6.07, 6.45) is 2.78. The summed E-state index contributed by atoms with van der Waals surface area (Å²) in [5.74, 6) is 0. The summed E-state index contributed by atoms with van der Waals surface area (Å²) in [6, 6.07) is 18.6. The summed E-state index contributed by atoms with van der Waals surface area (Å²) in [4.78, 5) is 6.91. The molecule has 0 aliphatic carbocycles.